The summed E-state index contributed by atoms with van der Waals surface area (Å²) in [4.78, 5) is 0. The van der Waals surface area contributed by atoms with Crippen LogP contribution in [0.3, 0.4) is 0 Å². The first kappa shape index (κ1) is 16.5. The molecule has 0 saturated carbocycles. The predicted molar refractivity (Wildman–Crippen MR) is 93.8 cm³/mol. The largest absolute Gasteiger partial charge is 0.490 e. The zero-order chi connectivity index (χ0) is 16.9. The lowest BCUT2D eigenvalue weighted by Gasteiger charge is -2.17. The van der Waals surface area contributed by atoms with E-state index < -0.39 is 13.3 Å². The van der Waals surface area contributed by atoms with Crippen LogP contribution >= 0.6 is 0 Å². The fraction of sp³-hybridized carbons (Fsp3) is 0.300. The van der Waals surface area contributed by atoms with Crippen LogP contribution in [0.2, 0.25) is 0 Å². The molecule has 126 valence electrons. The Kier molecular flexibility index (Phi) is 5.14. The molecule has 4 heteroatoms. The van der Waals surface area contributed by atoms with Crippen molar-refractivity contribution in [3.05, 3.63) is 48.0 Å². The van der Waals surface area contributed by atoms with E-state index in [1.165, 1.54) is 0 Å². The highest BCUT2D eigenvalue weighted by Crippen LogP contribution is 2.43. The number of benzene rings is 3. The molecule has 0 aliphatic rings. The molecule has 0 saturated heterocycles. The van der Waals surface area contributed by atoms with Crippen molar-refractivity contribution >= 4 is 21.5 Å². The fourth-order valence-corrected chi connectivity index (χ4v) is 2.96. The standard InChI is InChI=1S/C20H20F2O2/c1-2-14-7-8-17-18(13-14)20(24-12-10-22)16-6-4-3-5-15(16)19(17)23-11-9-21/h3-8,13H,2,9-12H2,1H3. The van der Waals surface area contributed by atoms with Gasteiger partial charge in [-0.25, -0.2) is 8.78 Å². The lowest BCUT2D eigenvalue weighted by molar-refractivity contribution is 0.275. The summed E-state index contributed by atoms with van der Waals surface area (Å²) in [5, 5.41) is 3.42. The quantitative estimate of drug-likeness (QED) is 0.551. The minimum absolute atomic E-state index is 0.000130. The molecule has 0 N–H and O–H groups in total. The SMILES string of the molecule is CCc1ccc2c(OCCF)c3ccccc3c(OCCF)c2c1. The Morgan fingerprint density at radius 3 is 1.83 bits per heavy atom. The number of hydrogen-bond donors (Lipinski definition) is 0. The van der Waals surface area contributed by atoms with Crippen LogP contribution < -0.4 is 9.47 Å². The second-order valence-corrected chi connectivity index (χ2v) is 5.51. The van der Waals surface area contributed by atoms with E-state index in [0.29, 0.717) is 11.5 Å². The van der Waals surface area contributed by atoms with Crippen molar-refractivity contribution in [3.63, 3.8) is 0 Å². The van der Waals surface area contributed by atoms with Crippen LogP contribution in [-0.2, 0) is 6.42 Å². The maximum Gasteiger partial charge on any atom is 0.135 e. The second kappa shape index (κ2) is 7.47. The Balaban J connectivity index is 2.34. The van der Waals surface area contributed by atoms with E-state index >= 15 is 0 Å². The average Bonchev–Trinajstić information content (AvgIpc) is 2.64. The Hall–Kier alpha value is -2.36. The maximum atomic E-state index is 12.7. The van der Waals surface area contributed by atoms with Gasteiger partial charge in [0.2, 0.25) is 0 Å². The van der Waals surface area contributed by atoms with Crippen molar-refractivity contribution in [1.29, 1.82) is 0 Å². The molecule has 3 aromatic rings. The van der Waals surface area contributed by atoms with Gasteiger partial charge in [0.05, 0.1) is 0 Å². The Labute approximate surface area is 140 Å². The molecule has 0 radical (unpaired) electrons. The van der Waals surface area contributed by atoms with Crippen molar-refractivity contribution in [3.8, 4) is 11.5 Å². The van der Waals surface area contributed by atoms with Crippen molar-refractivity contribution in [2.24, 2.45) is 0 Å². The molecule has 3 rings (SSSR count). The zero-order valence-electron chi connectivity index (χ0n) is 13.6. The average molecular weight is 330 g/mol. The van der Waals surface area contributed by atoms with Crippen LogP contribution in [-0.4, -0.2) is 26.6 Å². The van der Waals surface area contributed by atoms with E-state index in [1.54, 1.807) is 0 Å². The van der Waals surface area contributed by atoms with Crippen LogP contribution in [0, 0.1) is 0 Å². The van der Waals surface area contributed by atoms with Gasteiger partial charge in [0.15, 0.2) is 0 Å². The smallest absolute Gasteiger partial charge is 0.135 e. The first-order valence-corrected chi connectivity index (χ1v) is 8.15. The van der Waals surface area contributed by atoms with Crippen LogP contribution in [0.5, 0.6) is 11.5 Å². The number of fused-ring (bicyclic) bond motifs is 2. The Bertz CT molecular complexity index is 846. The van der Waals surface area contributed by atoms with Gasteiger partial charge in [0.25, 0.3) is 0 Å². The monoisotopic (exact) mass is 330 g/mol. The number of ether oxygens (including phenoxy) is 2. The summed E-state index contributed by atoms with van der Waals surface area (Å²) in [6.07, 6.45) is 0.881. The molecule has 0 atom stereocenters. The molecule has 24 heavy (non-hydrogen) atoms. The molecular formula is C20H20F2O2. The van der Waals surface area contributed by atoms with Gasteiger partial charge < -0.3 is 9.47 Å². The topological polar surface area (TPSA) is 18.5 Å². The lowest BCUT2D eigenvalue weighted by Crippen LogP contribution is -2.03. The highest BCUT2D eigenvalue weighted by molar-refractivity contribution is 6.11. The van der Waals surface area contributed by atoms with Crippen LogP contribution in [0.25, 0.3) is 21.5 Å². The molecule has 0 amide bonds. The summed E-state index contributed by atoms with van der Waals surface area (Å²) in [6.45, 7) is 0.969. The fourth-order valence-electron chi connectivity index (χ4n) is 2.96. The first-order valence-electron chi connectivity index (χ1n) is 8.15. The van der Waals surface area contributed by atoms with Gasteiger partial charge in [-0.2, -0.15) is 0 Å². The highest BCUT2D eigenvalue weighted by Gasteiger charge is 2.16. The van der Waals surface area contributed by atoms with Crippen LogP contribution in [0.15, 0.2) is 42.5 Å². The summed E-state index contributed by atoms with van der Waals surface area (Å²) in [6, 6.07) is 13.7. The number of hydrogen-bond acceptors (Lipinski definition) is 2. The third kappa shape index (κ3) is 3.01. The molecule has 0 fully saturated rings. The predicted octanol–water partition coefficient (Wildman–Crippen LogP) is 5.25. The molecule has 0 spiro atoms. The first-order chi connectivity index (χ1) is 11.8. The molecule has 0 aromatic heterocycles. The number of halogens is 2. The third-order valence-corrected chi connectivity index (χ3v) is 4.04. The summed E-state index contributed by atoms with van der Waals surface area (Å²) in [7, 11) is 0. The number of aryl methyl sites for hydroxylation is 1. The van der Waals surface area contributed by atoms with Crippen molar-refractivity contribution in [1.82, 2.24) is 0 Å². The van der Waals surface area contributed by atoms with Gasteiger partial charge in [-0.15, -0.1) is 0 Å². The van der Waals surface area contributed by atoms with Gasteiger partial charge >= 0.3 is 0 Å². The van der Waals surface area contributed by atoms with E-state index in [0.717, 1.165) is 33.5 Å². The van der Waals surface area contributed by atoms with Gasteiger partial charge in [-0.3, -0.25) is 0 Å². The van der Waals surface area contributed by atoms with Crippen LogP contribution in [0.1, 0.15) is 12.5 Å². The summed E-state index contributed by atoms with van der Waals surface area (Å²) in [5.74, 6) is 1.30. The maximum absolute atomic E-state index is 12.7. The molecule has 2 nitrogen and oxygen atoms in total. The minimum atomic E-state index is -0.553. The molecule has 0 aliphatic carbocycles. The Morgan fingerprint density at radius 1 is 0.750 bits per heavy atom. The second-order valence-electron chi connectivity index (χ2n) is 5.51. The zero-order valence-corrected chi connectivity index (χ0v) is 13.6. The molecule has 0 aliphatic heterocycles. The molecule has 0 bridgehead atoms. The Morgan fingerprint density at radius 2 is 1.29 bits per heavy atom. The van der Waals surface area contributed by atoms with E-state index in [-0.39, 0.29) is 13.2 Å². The molecule has 0 unspecified atom stereocenters. The molecular weight excluding hydrogens is 310 g/mol. The molecule has 3 aromatic carbocycles. The van der Waals surface area contributed by atoms with Crippen molar-refractivity contribution in [2.45, 2.75) is 13.3 Å². The lowest BCUT2D eigenvalue weighted by atomic mass is 9.98. The van der Waals surface area contributed by atoms with Gasteiger partial charge in [-0.1, -0.05) is 43.3 Å². The number of rotatable bonds is 7. The van der Waals surface area contributed by atoms with Crippen molar-refractivity contribution in [2.75, 3.05) is 26.6 Å². The third-order valence-electron chi connectivity index (χ3n) is 4.04. The van der Waals surface area contributed by atoms with Gasteiger partial charge in [0, 0.05) is 21.5 Å². The van der Waals surface area contributed by atoms with E-state index in [9.17, 15) is 8.78 Å². The summed E-state index contributed by atoms with van der Waals surface area (Å²) in [5.41, 5.74) is 1.15. The van der Waals surface area contributed by atoms with Crippen molar-refractivity contribution < 1.29 is 18.3 Å². The summed E-state index contributed by atoms with van der Waals surface area (Å²) < 4.78 is 36.8. The van der Waals surface area contributed by atoms with E-state index in [1.807, 2.05) is 42.5 Å². The summed E-state index contributed by atoms with van der Waals surface area (Å²) >= 11 is 0. The highest BCUT2D eigenvalue weighted by atomic mass is 19.1. The van der Waals surface area contributed by atoms with Crippen LogP contribution in [0.4, 0.5) is 8.78 Å². The normalized spacial score (nSPS) is 11.1. The van der Waals surface area contributed by atoms with E-state index in [4.69, 9.17) is 9.47 Å². The van der Waals surface area contributed by atoms with E-state index in [2.05, 4.69) is 6.92 Å². The van der Waals surface area contributed by atoms with Gasteiger partial charge in [0.1, 0.15) is 38.1 Å². The number of alkyl halides is 2. The van der Waals surface area contributed by atoms with Gasteiger partial charge in [-0.05, 0) is 18.1 Å². The molecule has 0 heterocycles. The minimum Gasteiger partial charge on any atom is -0.490 e.